The second-order valence-electron chi connectivity index (χ2n) is 7.09. The van der Waals surface area contributed by atoms with Crippen LogP contribution in [0.2, 0.25) is 10.0 Å². The van der Waals surface area contributed by atoms with E-state index < -0.39 is 5.82 Å². The topological polar surface area (TPSA) is 75.0 Å². The lowest BCUT2D eigenvalue weighted by molar-refractivity contribution is 0.360. The molecule has 1 aliphatic rings. The average molecular weight is 451 g/mol. The minimum atomic E-state index is -0.601. The van der Waals surface area contributed by atoms with Gasteiger partial charge in [-0.3, -0.25) is 0 Å². The van der Waals surface area contributed by atoms with Crippen LogP contribution in [0.1, 0.15) is 12.0 Å². The highest BCUT2D eigenvalue weighted by atomic mass is 35.5. The number of hydrogen-bond acceptors (Lipinski definition) is 7. The van der Waals surface area contributed by atoms with Gasteiger partial charge in [-0.25, -0.2) is 9.37 Å². The normalized spacial score (nSPS) is 15.3. The SMILES string of the molecule is CN1CCCN(c2ncccc2CNc2nnnn2-c2ccc(F)c(Cl)c2Cl)CC1. The standard InChI is InChI=1S/C19H21Cl2FN8/c1-28-8-3-9-29(11-10-28)18-13(4-2-7-23-18)12-24-19-25-26-27-30(19)15-6-5-14(22)16(20)17(15)21/h2,4-7H,3,8-12H2,1H3,(H,24,25,27). The van der Waals surface area contributed by atoms with Gasteiger partial charge in [0.2, 0.25) is 5.95 Å². The summed E-state index contributed by atoms with van der Waals surface area (Å²) in [5, 5.41) is 14.8. The average Bonchev–Trinajstić information content (AvgIpc) is 3.11. The molecule has 11 heteroatoms. The molecule has 0 saturated carbocycles. The molecule has 0 amide bonds. The molecule has 3 heterocycles. The summed E-state index contributed by atoms with van der Waals surface area (Å²) >= 11 is 12.1. The maximum absolute atomic E-state index is 13.6. The number of pyridine rings is 1. The summed E-state index contributed by atoms with van der Waals surface area (Å²) < 4.78 is 15.0. The quantitative estimate of drug-likeness (QED) is 0.597. The van der Waals surface area contributed by atoms with E-state index in [1.165, 1.54) is 16.8 Å². The van der Waals surface area contributed by atoms with Crippen molar-refractivity contribution in [2.75, 3.05) is 43.4 Å². The number of likely N-dealkylation sites (N-methyl/N-ethyl adjacent to an activating group) is 1. The Kier molecular flexibility index (Phi) is 6.31. The Bertz CT molecular complexity index is 1030. The number of anilines is 2. The summed E-state index contributed by atoms with van der Waals surface area (Å²) in [4.78, 5) is 9.25. The first-order valence-corrected chi connectivity index (χ1v) is 10.3. The van der Waals surface area contributed by atoms with Crippen LogP contribution in [-0.4, -0.2) is 63.3 Å². The fraction of sp³-hybridized carbons (Fsp3) is 0.368. The van der Waals surface area contributed by atoms with Gasteiger partial charge in [-0.15, -0.1) is 0 Å². The molecule has 1 aliphatic heterocycles. The molecule has 0 radical (unpaired) electrons. The van der Waals surface area contributed by atoms with Crippen molar-refractivity contribution >= 4 is 35.0 Å². The third-order valence-corrected chi connectivity index (χ3v) is 5.88. The third-order valence-electron chi connectivity index (χ3n) is 5.04. The fourth-order valence-electron chi connectivity index (χ4n) is 3.42. The fourth-order valence-corrected chi connectivity index (χ4v) is 3.82. The number of halogens is 3. The summed E-state index contributed by atoms with van der Waals surface area (Å²) in [7, 11) is 2.14. The highest BCUT2D eigenvalue weighted by Crippen LogP contribution is 2.31. The lowest BCUT2D eigenvalue weighted by Gasteiger charge is -2.24. The molecule has 3 aromatic rings. The maximum Gasteiger partial charge on any atom is 0.248 e. The predicted octanol–water partition coefficient (Wildman–Crippen LogP) is 3.26. The number of nitrogens with one attached hydrogen (secondary N) is 1. The summed E-state index contributed by atoms with van der Waals surface area (Å²) in [6.07, 6.45) is 2.89. The van der Waals surface area contributed by atoms with Crippen LogP contribution in [0.4, 0.5) is 16.2 Å². The molecule has 0 bridgehead atoms. The molecule has 0 spiro atoms. The lowest BCUT2D eigenvalue weighted by atomic mass is 10.2. The molecular weight excluding hydrogens is 430 g/mol. The monoisotopic (exact) mass is 450 g/mol. The van der Waals surface area contributed by atoms with Crippen LogP contribution in [-0.2, 0) is 6.54 Å². The van der Waals surface area contributed by atoms with Crippen molar-refractivity contribution in [1.82, 2.24) is 30.1 Å². The molecule has 4 rings (SSSR count). The van der Waals surface area contributed by atoms with E-state index in [0.717, 1.165) is 44.0 Å². The third kappa shape index (κ3) is 4.33. The lowest BCUT2D eigenvalue weighted by Crippen LogP contribution is -2.30. The van der Waals surface area contributed by atoms with E-state index in [1.807, 2.05) is 12.1 Å². The van der Waals surface area contributed by atoms with Crippen LogP contribution in [0.3, 0.4) is 0 Å². The van der Waals surface area contributed by atoms with Crippen molar-refractivity contribution < 1.29 is 4.39 Å². The number of aromatic nitrogens is 5. The van der Waals surface area contributed by atoms with Crippen LogP contribution >= 0.6 is 23.2 Å². The van der Waals surface area contributed by atoms with E-state index in [9.17, 15) is 4.39 Å². The van der Waals surface area contributed by atoms with Crippen molar-refractivity contribution in [2.24, 2.45) is 0 Å². The highest BCUT2D eigenvalue weighted by molar-refractivity contribution is 6.43. The molecule has 8 nitrogen and oxygen atoms in total. The first-order chi connectivity index (χ1) is 14.5. The Morgan fingerprint density at radius 1 is 1.10 bits per heavy atom. The zero-order chi connectivity index (χ0) is 21.1. The van der Waals surface area contributed by atoms with Gasteiger partial charge in [0, 0.05) is 37.9 Å². The minimum Gasteiger partial charge on any atom is -0.355 e. The number of tetrazole rings is 1. The number of hydrogen-bond donors (Lipinski definition) is 1. The molecule has 0 aliphatic carbocycles. The summed E-state index contributed by atoms with van der Waals surface area (Å²) in [6, 6.07) is 6.64. The van der Waals surface area contributed by atoms with E-state index in [2.05, 4.69) is 42.7 Å². The summed E-state index contributed by atoms with van der Waals surface area (Å²) in [5.74, 6) is 0.711. The van der Waals surface area contributed by atoms with Crippen molar-refractivity contribution in [3.8, 4) is 5.69 Å². The Labute approximate surface area is 183 Å². The molecule has 1 fully saturated rings. The Hall–Kier alpha value is -2.49. The molecule has 1 N–H and O–H groups in total. The van der Waals surface area contributed by atoms with Gasteiger partial charge in [0.15, 0.2) is 0 Å². The predicted molar refractivity (Wildman–Crippen MR) is 115 cm³/mol. The van der Waals surface area contributed by atoms with E-state index >= 15 is 0 Å². The van der Waals surface area contributed by atoms with Crippen LogP contribution in [0.5, 0.6) is 0 Å². The minimum absolute atomic E-state index is 0.0442. The molecule has 158 valence electrons. The Morgan fingerprint density at radius 3 is 2.83 bits per heavy atom. The van der Waals surface area contributed by atoms with Gasteiger partial charge in [0.25, 0.3) is 0 Å². The van der Waals surface area contributed by atoms with Crippen LogP contribution in [0.25, 0.3) is 5.69 Å². The summed E-state index contributed by atoms with van der Waals surface area (Å²) in [6.45, 7) is 4.40. The Balaban J connectivity index is 1.55. The van der Waals surface area contributed by atoms with Crippen molar-refractivity contribution in [3.05, 3.63) is 51.9 Å². The van der Waals surface area contributed by atoms with Crippen molar-refractivity contribution in [3.63, 3.8) is 0 Å². The molecule has 1 saturated heterocycles. The molecular formula is C19H21Cl2FN8. The first kappa shape index (κ1) is 20.8. The first-order valence-electron chi connectivity index (χ1n) is 9.58. The maximum atomic E-state index is 13.6. The Morgan fingerprint density at radius 2 is 1.97 bits per heavy atom. The number of rotatable bonds is 5. The zero-order valence-corrected chi connectivity index (χ0v) is 17.9. The second-order valence-corrected chi connectivity index (χ2v) is 7.85. The van der Waals surface area contributed by atoms with Crippen LogP contribution < -0.4 is 10.2 Å². The second kappa shape index (κ2) is 9.11. The van der Waals surface area contributed by atoms with Gasteiger partial charge in [-0.1, -0.05) is 34.4 Å². The molecule has 1 aromatic carbocycles. The zero-order valence-electron chi connectivity index (χ0n) is 16.4. The van der Waals surface area contributed by atoms with Crippen LogP contribution in [0.15, 0.2) is 30.5 Å². The van der Waals surface area contributed by atoms with E-state index in [1.54, 1.807) is 6.20 Å². The smallest absolute Gasteiger partial charge is 0.248 e. The van der Waals surface area contributed by atoms with E-state index in [-0.39, 0.29) is 10.0 Å². The van der Waals surface area contributed by atoms with Gasteiger partial charge >= 0.3 is 0 Å². The van der Waals surface area contributed by atoms with Crippen molar-refractivity contribution in [2.45, 2.75) is 13.0 Å². The van der Waals surface area contributed by atoms with Gasteiger partial charge in [-0.2, -0.15) is 4.68 Å². The molecule has 30 heavy (non-hydrogen) atoms. The molecule has 2 aromatic heterocycles. The molecule has 0 unspecified atom stereocenters. The summed E-state index contributed by atoms with van der Waals surface area (Å²) in [5.41, 5.74) is 1.41. The largest absolute Gasteiger partial charge is 0.355 e. The van der Waals surface area contributed by atoms with Gasteiger partial charge < -0.3 is 15.1 Å². The van der Waals surface area contributed by atoms with E-state index in [0.29, 0.717) is 18.2 Å². The van der Waals surface area contributed by atoms with Gasteiger partial charge in [0.1, 0.15) is 11.6 Å². The van der Waals surface area contributed by atoms with Crippen molar-refractivity contribution in [1.29, 1.82) is 0 Å². The van der Waals surface area contributed by atoms with E-state index in [4.69, 9.17) is 23.2 Å². The highest BCUT2D eigenvalue weighted by Gasteiger charge is 2.19. The molecule has 0 atom stereocenters. The number of benzene rings is 1. The van der Waals surface area contributed by atoms with Crippen LogP contribution in [0, 0.1) is 5.82 Å². The number of nitrogens with zero attached hydrogens (tertiary/aromatic N) is 7. The van der Waals surface area contributed by atoms with Gasteiger partial charge in [-0.05, 0) is 48.6 Å². The van der Waals surface area contributed by atoms with Gasteiger partial charge in [0.05, 0.1) is 15.7 Å².